The van der Waals surface area contributed by atoms with Crippen molar-refractivity contribution in [3.63, 3.8) is 0 Å². The summed E-state index contributed by atoms with van der Waals surface area (Å²) in [5, 5.41) is 5.28. The van der Waals surface area contributed by atoms with Crippen LogP contribution in [0.1, 0.15) is 24.2 Å². The number of hydrogen-bond acceptors (Lipinski definition) is 6. The van der Waals surface area contributed by atoms with Crippen LogP contribution in [0.4, 0.5) is 11.4 Å². The molecule has 27 heavy (non-hydrogen) atoms. The van der Waals surface area contributed by atoms with Crippen molar-refractivity contribution in [2.45, 2.75) is 20.0 Å². The van der Waals surface area contributed by atoms with Gasteiger partial charge >= 0.3 is 5.97 Å². The Hall–Kier alpha value is -3.68. The summed E-state index contributed by atoms with van der Waals surface area (Å²) in [6.45, 7) is 2.89. The highest BCUT2D eigenvalue weighted by Gasteiger charge is 2.19. The van der Waals surface area contributed by atoms with Gasteiger partial charge in [0.15, 0.2) is 18.1 Å². The zero-order chi connectivity index (χ0) is 19.4. The summed E-state index contributed by atoms with van der Waals surface area (Å²) in [7, 11) is 0. The molecule has 1 aromatic heterocycles. The second-order valence-corrected chi connectivity index (χ2v) is 5.83. The van der Waals surface area contributed by atoms with Crippen LogP contribution in [0.15, 0.2) is 53.3 Å². The molecule has 138 valence electrons. The SMILES string of the molecule is CC(=O)Nc1ccc(NC(=O)C(C)OC(=O)c2ccc3ocnc3c2)cc1. The fraction of sp³-hybridized carbons (Fsp3) is 0.158. The van der Waals surface area contributed by atoms with Crippen molar-refractivity contribution in [2.75, 3.05) is 10.6 Å². The predicted octanol–water partition coefficient (Wildman–Crippen LogP) is 2.97. The molecular formula is C19H17N3O5. The molecule has 2 amide bonds. The van der Waals surface area contributed by atoms with Crippen LogP contribution in [-0.2, 0) is 14.3 Å². The Balaban J connectivity index is 1.59. The second-order valence-electron chi connectivity index (χ2n) is 5.83. The summed E-state index contributed by atoms with van der Waals surface area (Å²) in [5.41, 5.74) is 2.49. The average molecular weight is 367 g/mol. The van der Waals surface area contributed by atoms with Gasteiger partial charge in [-0.3, -0.25) is 9.59 Å². The molecule has 2 aromatic carbocycles. The first-order valence-electron chi connectivity index (χ1n) is 8.15. The number of carbonyl (C=O) groups excluding carboxylic acids is 3. The Labute approximate surface area is 154 Å². The molecule has 3 aromatic rings. The molecule has 8 heteroatoms. The van der Waals surface area contributed by atoms with Crippen molar-refractivity contribution < 1.29 is 23.5 Å². The summed E-state index contributed by atoms with van der Waals surface area (Å²) in [4.78, 5) is 39.4. The zero-order valence-electron chi connectivity index (χ0n) is 14.7. The number of aromatic nitrogens is 1. The fourth-order valence-corrected chi connectivity index (χ4v) is 2.35. The minimum absolute atomic E-state index is 0.184. The maximum absolute atomic E-state index is 12.2. The summed E-state index contributed by atoms with van der Waals surface area (Å²) < 4.78 is 10.3. The van der Waals surface area contributed by atoms with Crippen LogP contribution >= 0.6 is 0 Å². The Bertz CT molecular complexity index is 994. The van der Waals surface area contributed by atoms with E-state index in [-0.39, 0.29) is 11.5 Å². The normalized spacial score (nSPS) is 11.6. The van der Waals surface area contributed by atoms with Crippen molar-refractivity contribution in [3.05, 3.63) is 54.4 Å². The third kappa shape index (κ3) is 4.49. The number of carbonyl (C=O) groups is 3. The number of nitrogens with zero attached hydrogens (tertiary/aromatic N) is 1. The molecule has 0 radical (unpaired) electrons. The number of esters is 1. The van der Waals surface area contributed by atoms with E-state index in [2.05, 4.69) is 15.6 Å². The van der Waals surface area contributed by atoms with E-state index in [1.54, 1.807) is 36.4 Å². The smallest absolute Gasteiger partial charge is 0.338 e. The Morgan fingerprint density at radius 1 is 1.04 bits per heavy atom. The average Bonchev–Trinajstić information content (AvgIpc) is 3.10. The molecule has 1 heterocycles. The van der Waals surface area contributed by atoms with E-state index >= 15 is 0 Å². The number of benzene rings is 2. The first-order valence-corrected chi connectivity index (χ1v) is 8.15. The molecule has 0 saturated carbocycles. The molecule has 0 saturated heterocycles. The van der Waals surface area contributed by atoms with Crippen molar-refractivity contribution >= 4 is 40.3 Å². The topological polar surface area (TPSA) is 111 Å². The van der Waals surface area contributed by atoms with Crippen LogP contribution < -0.4 is 10.6 Å². The highest BCUT2D eigenvalue weighted by Crippen LogP contribution is 2.17. The number of anilines is 2. The van der Waals surface area contributed by atoms with Gasteiger partial charge in [-0.25, -0.2) is 9.78 Å². The molecule has 0 spiro atoms. The summed E-state index contributed by atoms with van der Waals surface area (Å²) in [6.07, 6.45) is 0.285. The lowest BCUT2D eigenvalue weighted by atomic mass is 10.2. The molecule has 0 bridgehead atoms. The summed E-state index contributed by atoms with van der Waals surface area (Å²) >= 11 is 0. The predicted molar refractivity (Wildman–Crippen MR) is 98.3 cm³/mol. The van der Waals surface area contributed by atoms with Gasteiger partial charge in [-0.1, -0.05) is 0 Å². The third-order valence-electron chi connectivity index (χ3n) is 3.69. The van der Waals surface area contributed by atoms with Crippen molar-refractivity contribution in [1.29, 1.82) is 0 Å². The Kier molecular flexibility index (Phi) is 5.16. The molecule has 8 nitrogen and oxygen atoms in total. The molecule has 0 fully saturated rings. The van der Waals surface area contributed by atoms with Gasteiger partial charge in [0.05, 0.1) is 5.56 Å². The Morgan fingerprint density at radius 2 is 1.70 bits per heavy atom. The van der Waals surface area contributed by atoms with Gasteiger partial charge in [0.25, 0.3) is 5.91 Å². The molecule has 0 aliphatic heterocycles. The molecule has 3 rings (SSSR count). The van der Waals surface area contributed by atoms with Crippen LogP contribution in [0.3, 0.4) is 0 Å². The number of ether oxygens (including phenoxy) is 1. The highest BCUT2D eigenvalue weighted by molar-refractivity contribution is 5.98. The Morgan fingerprint density at radius 3 is 2.37 bits per heavy atom. The van der Waals surface area contributed by atoms with Gasteiger partial charge in [-0.2, -0.15) is 0 Å². The second kappa shape index (κ2) is 7.69. The van der Waals surface area contributed by atoms with Crippen molar-refractivity contribution in [2.24, 2.45) is 0 Å². The lowest BCUT2D eigenvalue weighted by Crippen LogP contribution is -2.30. The maximum Gasteiger partial charge on any atom is 0.338 e. The van der Waals surface area contributed by atoms with Gasteiger partial charge in [-0.15, -0.1) is 0 Å². The lowest BCUT2D eigenvalue weighted by molar-refractivity contribution is -0.123. The maximum atomic E-state index is 12.2. The molecule has 0 aliphatic rings. The summed E-state index contributed by atoms with van der Waals surface area (Å²) in [5.74, 6) is -1.29. The van der Waals surface area contributed by atoms with Crippen molar-refractivity contribution in [1.82, 2.24) is 4.98 Å². The van der Waals surface area contributed by atoms with E-state index in [1.165, 1.54) is 26.3 Å². The highest BCUT2D eigenvalue weighted by atomic mass is 16.5. The minimum Gasteiger partial charge on any atom is -0.449 e. The van der Waals surface area contributed by atoms with Crippen LogP contribution in [0, 0.1) is 0 Å². The van der Waals surface area contributed by atoms with E-state index in [9.17, 15) is 14.4 Å². The molecule has 2 N–H and O–H groups in total. The lowest BCUT2D eigenvalue weighted by Gasteiger charge is -2.14. The van der Waals surface area contributed by atoms with E-state index in [0.717, 1.165) is 0 Å². The quantitative estimate of drug-likeness (QED) is 0.671. The number of amides is 2. The fourth-order valence-electron chi connectivity index (χ4n) is 2.35. The van der Waals surface area contributed by atoms with Gasteiger partial charge in [0, 0.05) is 18.3 Å². The van der Waals surface area contributed by atoms with E-state index in [0.29, 0.717) is 22.5 Å². The molecular weight excluding hydrogens is 350 g/mol. The number of nitrogens with one attached hydrogen (secondary N) is 2. The largest absolute Gasteiger partial charge is 0.449 e. The van der Waals surface area contributed by atoms with Crippen LogP contribution in [0.2, 0.25) is 0 Å². The monoisotopic (exact) mass is 367 g/mol. The van der Waals surface area contributed by atoms with Gasteiger partial charge in [0.1, 0.15) is 5.52 Å². The number of oxazole rings is 1. The van der Waals surface area contributed by atoms with Crippen molar-refractivity contribution in [3.8, 4) is 0 Å². The first-order chi connectivity index (χ1) is 12.9. The minimum atomic E-state index is -1.000. The number of hydrogen-bond donors (Lipinski definition) is 2. The first kappa shape index (κ1) is 18.1. The van der Waals surface area contributed by atoms with Crippen LogP contribution in [0.25, 0.3) is 11.1 Å². The van der Waals surface area contributed by atoms with E-state index < -0.39 is 18.0 Å². The molecule has 0 aliphatic carbocycles. The number of fused-ring (bicyclic) bond motifs is 1. The molecule has 1 unspecified atom stereocenters. The van der Waals surface area contributed by atoms with Gasteiger partial charge in [-0.05, 0) is 49.4 Å². The summed E-state index contributed by atoms with van der Waals surface area (Å²) in [6, 6.07) is 11.3. The van der Waals surface area contributed by atoms with Crippen LogP contribution in [-0.4, -0.2) is 28.9 Å². The standard InChI is InChI=1S/C19H17N3O5/c1-11(18(24)22-15-6-4-14(5-7-15)21-12(2)23)27-19(25)13-3-8-17-16(9-13)20-10-26-17/h3-11H,1-2H3,(H,21,23)(H,22,24). The molecule has 1 atom stereocenters. The van der Waals surface area contributed by atoms with Gasteiger partial charge in [0.2, 0.25) is 5.91 Å². The van der Waals surface area contributed by atoms with E-state index in [1.807, 2.05) is 0 Å². The zero-order valence-corrected chi connectivity index (χ0v) is 14.7. The van der Waals surface area contributed by atoms with Gasteiger partial charge < -0.3 is 19.8 Å². The van der Waals surface area contributed by atoms with E-state index in [4.69, 9.17) is 9.15 Å². The van der Waals surface area contributed by atoms with Crippen LogP contribution in [0.5, 0.6) is 0 Å². The third-order valence-corrected chi connectivity index (χ3v) is 3.69. The number of rotatable bonds is 5.